The van der Waals surface area contributed by atoms with Crippen LogP contribution in [0.25, 0.3) is 0 Å². The zero-order valence-corrected chi connectivity index (χ0v) is 14.7. The number of carbonyl (C=O) groups excluding carboxylic acids is 2. The first kappa shape index (κ1) is 18.3. The van der Waals surface area contributed by atoms with Crippen molar-refractivity contribution in [3.63, 3.8) is 0 Å². The summed E-state index contributed by atoms with van der Waals surface area (Å²) in [4.78, 5) is 27.9. The molecule has 132 valence electrons. The number of nitrogens with one attached hydrogen (secondary N) is 1. The van der Waals surface area contributed by atoms with E-state index >= 15 is 0 Å². The zero-order chi connectivity index (χ0) is 17.5. The van der Waals surface area contributed by atoms with E-state index in [1.54, 1.807) is 11.8 Å². The number of amides is 2. The topological polar surface area (TPSA) is 61.9 Å². The summed E-state index contributed by atoms with van der Waals surface area (Å²) in [6.45, 7) is 8.69. The highest BCUT2D eigenvalue weighted by atomic mass is 16.6. The van der Waals surface area contributed by atoms with E-state index in [0.717, 1.165) is 12.1 Å². The predicted octanol–water partition coefficient (Wildman–Crippen LogP) is 2.35. The van der Waals surface area contributed by atoms with Crippen LogP contribution in [0.15, 0.2) is 24.3 Å². The van der Waals surface area contributed by atoms with E-state index in [4.69, 9.17) is 4.74 Å². The number of rotatable bonds is 5. The SMILES string of the molecule is CCOC(=O)N1CCN(C(C)C(=O)Nc2ccc(CC)cc2)CC1. The Balaban J connectivity index is 1.84. The fourth-order valence-corrected chi connectivity index (χ4v) is 2.74. The van der Waals surface area contributed by atoms with E-state index in [1.165, 1.54) is 5.56 Å². The molecule has 1 aliphatic rings. The monoisotopic (exact) mass is 333 g/mol. The number of anilines is 1. The van der Waals surface area contributed by atoms with E-state index in [2.05, 4.69) is 17.1 Å². The number of piperazine rings is 1. The van der Waals surface area contributed by atoms with E-state index in [9.17, 15) is 9.59 Å². The Labute approximate surface area is 143 Å². The highest BCUT2D eigenvalue weighted by molar-refractivity contribution is 5.94. The third-order valence-corrected chi connectivity index (χ3v) is 4.40. The van der Waals surface area contributed by atoms with Crippen LogP contribution >= 0.6 is 0 Å². The number of benzene rings is 1. The molecule has 24 heavy (non-hydrogen) atoms. The standard InChI is InChI=1S/C18H27N3O3/c1-4-15-6-8-16(9-7-15)19-17(22)14(3)20-10-12-21(13-11-20)18(23)24-5-2/h6-9,14H,4-5,10-13H2,1-3H3,(H,19,22). The molecule has 0 aromatic heterocycles. The molecule has 1 fully saturated rings. The van der Waals surface area contributed by atoms with E-state index in [-0.39, 0.29) is 18.0 Å². The molecule has 2 amide bonds. The van der Waals surface area contributed by atoms with Gasteiger partial charge >= 0.3 is 6.09 Å². The molecule has 2 rings (SSSR count). The molecule has 1 saturated heterocycles. The Morgan fingerprint density at radius 1 is 1.12 bits per heavy atom. The molecule has 6 nitrogen and oxygen atoms in total. The molecule has 0 spiro atoms. The lowest BCUT2D eigenvalue weighted by Crippen LogP contribution is -2.54. The van der Waals surface area contributed by atoms with E-state index in [1.807, 2.05) is 31.2 Å². The lowest BCUT2D eigenvalue weighted by Gasteiger charge is -2.36. The maximum atomic E-state index is 12.4. The Kier molecular flexibility index (Phi) is 6.61. The minimum Gasteiger partial charge on any atom is -0.450 e. The average Bonchev–Trinajstić information content (AvgIpc) is 2.62. The Morgan fingerprint density at radius 2 is 1.75 bits per heavy atom. The van der Waals surface area contributed by atoms with E-state index < -0.39 is 0 Å². The summed E-state index contributed by atoms with van der Waals surface area (Å²) < 4.78 is 5.01. The summed E-state index contributed by atoms with van der Waals surface area (Å²) in [5.74, 6) is -0.0242. The summed E-state index contributed by atoms with van der Waals surface area (Å²) in [7, 11) is 0. The molecule has 1 N–H and O–H groups in total. The number of hydrogen-bond acceptors (Lipinski definition) is 4. The van der Waals surface area contributed by atoms with Gasteiger partial charge in [-0.25, -0.2) is 4.79 Å². The molecule has 1 aromatic carbocycles. The smallest absolute Gasteiger partial charge is 0.409 e. The molecule has 1 aromatic rings. The third kappa shape index (κ3) is 4.71. The molecule has 0 saturated carbocycles. The summed E-state index contributed by atoms with van der Waals surface area (Å²) in [5.41, 5.74) is 2.06. The van der Waals surface area contributed by atoms with Crippen molar-refractivity contribution >= 4 is 17.7 Å². The van der Waals surface area contributed by atoms with Gasteiger partial charge in [0.2, 0.25) is 5.91 Å². The van der Waals surface area contributed by atoms with Crippen LogP contribution < -0.4 is 5.32 Å². The lowest BCUT2D eigenvalue weighted by atomic mass is 10.1. The molecule has 1 unspecified atom stereocenters. The van der Waals surface area contributed by atoms with Crippen LogP contribution in [0.4, 0.5) is 10.5 Å². The highest BCUT2D eigenvalue weighted by Crippen LogP contribution is 2.13. The van der Waals surface area contributed by atoms with Crippen molar-refractivity contribution in [1.29, 1.82) is 0 Å². The van der Waals surface area contributed by atoms with Crippen molar-refractivity contribution in [2.45, 2.75) is 33.2 Å². The molecule has 1 aliphatic heterocycles. The van der Waals surface area contributed by atoms with Gasteiger partial charge in [0.1, 0.15) is 0 Å². The molecule has 0 radical (unpaired) electrons. The van der Waals surface area contributed by atoms with Gasteiger partial charge in [-0.2, -0.15) is 0 Å². The quantitative estimate of drug-likeness (QED) is 0.898. The Bertz CT molecular complexity index is 551. The first-order valence-electron chi connectivity index (χ1n) is 8.60. The van der Waals surface area contributed by atoms with Gasteiger partial charge in [0.25, 0.3) is 0 Å². The van der Waals surface area contributed by atoms with Crippen molar-refractivity contribution in [1.82, 2.24) is 9.80 Å². The van der Waals surface area contributed by atoms with Crippen LogP contribution in [-0.2, 0) is 16.0 Å². The maximum Gasteiger partial charge on any atom is 0.409 e. The number of aryl methyl sites for hydroxylation is 1. The second-order valence-corrected chi connectivity index (χ2v) is 5.94. The minimum atomic E-state index is -0.273. The van der Waals surface area contributed by atoms with Gasteiger partial charge in [0, 0.05) is 31.9 Å². The Hall–Kier alpha value is -2.08. The van der Waals surface area contributed by atoms with Crippen LogP contribution in [0, 0.1) is 0 Å². The minimum absolute atomic E-state index is 0.0242. The third-order valence-electron chi connectivity index (χ3n) is 4.40. The van der Waals surface area contributed by atoms with Crippen molar-refractivity contribution in [2.75, 3.05) is 38.1 Å². The van der Waals surface area contributed by atoms with Gasteiger partial charge < -0.3 is 15.0 Å². The van der Waals surface area contributed by atoms with Crippen molar-refractivity contribution in [2.24, 2.45) is 0 Å². The molecule has 1 atom stereocenters. The molecular weight excluding hydrogens is 306 g/mol. The van der Waals surface area contributed by atoms with Gasteiger partial charge in [0.05, 0.1) is 12.6 Å². The van der Waals surface area contributed by atoms with E-state index in [0.29, 0.717) is 32.8 Å². The molecule has 1 heterocycles. The number of ether oxygens (including phenoxy) is 1. The highest BCUT2D eigenvalue weighted by Gasteiger charge is 2.27. The van der Waals surface area contributed by atoms with Crippen LogP contribution in [0.1, 0.15) is 26.3 Å². The molecule has 6 heteroatoms. The summed E-state index contributed by atoms with van der Waals surface area (Å²) in [6, 6.07) is 7.68. The molecule has 0 aliphatic carbocycles. The number of hydrogen-bond donors (Lipinski definition) is 1. The maximum absolute atomic E-state index is 12.4. The van der Waals surface area contributed by atoms with Crippen LogP contribution in [0.5, 0.6) is 0 Å². The lowest BCUT2D eigenvalue weighted by molar-refractivity contribution is -0.121. The van der Waals surface area contributed by atoms with Crippen molar-refractivity contribution in [3.05, 3.63) is 29.8 Å². The van der Waals surface area contributed by atoms with Crippen LogP contribution in [0.3, 0.4) is 0 Å². The first-order valence-corrected chi connectivity index (χ1v) is 8.60. The zero-order valence-electron chi connectivity index (χ0n) is 14.7. The average molecular weight is 333 g/mol. The predicted molar refractivity (Wildman–Crippen MR) is 94.1 cm³/mol. The number of nitrogens with zero attached hydrogens (tertiary/aromatic N) is 2. The first-order chi connectivity index (χ1) is 11.5. The van der Waals surface area contributed by atoms with Gasteiger partial charge in [-0.15, -0.1) is 0 Å². The van der Waals surface area contributed by atoms with Gasteiger partial charge in [-0.05, 0) is 38.0 Å². The number of carbonyl (C=O) groups is 2. The summed E-state index contributed by atoms with van der Waals surface area (Å²) >= 11 is 0. The largest absolute Gasteiger partial charge is 0.450 e. The summed E-state index contributed by atoms with van der Waals surface area (Å²) in [5, 5.41) is 2.96. The van der Waals surface area contributed by atoms with Crippen molar-refractivity contribution in [3.8, 4) is 0 Å². The summed E-state index contributed by atoms with van der Waals surface area (Å²) in [6.07, 6.45) is 0.709. The van der Waals surface area contributed by atoms with Gasteiger partial charge in [-0.1, -0.05) is 19.1 Å². The fourth-order valence-electron chi connectivity index (χ4n) is 2.74. The van der Waals surface area contributed by atoms with Crippen LogP contribution in [0.2, 0.25) is 0 Å². The van der Waals surface area contributed by atoms with Crippen LogP contribution in [-0.4, -0.2) is 60.6 Å². The second-order valence-electron chi connectivity index (χ2n) is 5.94. The van der Waals surface area contributed by atoms with Crippen molar-refractivity contribution < 1.29 is 14.3 Å². The van der Waals surface area contributed by atoms with Gasteiger partial charge in [0.15, 0.2) is 0 Å². The second kappa shape index (κ2) is 8.68. The molecule has 0 bridgehead atoms. The Morgan fingerprint density at radius 3 is 2.29 bits per heavy atom. The fraction of sp³-hybridized carbons (Fsp3) is 0.556. The normalized spacial score (nSPS) is 16.5. The van der Waals surface area contributed by atoms with Gasteiger partial charge in [-0.3, -0.25) is 9.69 Å². The molecular formula is C18H27N3O3.